The molecule has 24 heavy (non-hydrogen) atoms. The van der Waals surface area contributed by atoms with Gasteiger partial charge in [-0.3, -0.25) is 0 Å². The van der Waals surface area contributed by atoms with Crippen LogP contribution in [-0.4, -0.2) is 0 Å². The van der Waals surface area contributed by atoms with E-state index in [1.165, 1.54) is 36.0 Å². The number of rotatable bonds is 6. The highest BCUT2D eigenvalue weighted by Gasteiger charge is 2.48. The molecule has 0 heteroatoms. The van der Waals surface area contributed by atoms with Crippen LogP contribution in [0.3, 0.4) is 0 Å². The maximum Gasteiger partial charge on any atom is -0.0245 e. The van der Waals surface area contributed by atoms with Gasteiger partial charge >= 0.3 is 0 Å². The molecule has 0 aromatic heterocycles. The molecular formula is C24H24. The van der Waals surface area contributed by atoms with E-state index in [1.54, 1.807) is 0 Å². The molecule has 1 aliphatic rings. The van der Waals surface area contributed by atoms with Crippen LogP contribution >= 0.6 is 0 Å². The molecule has 0 atom stereocenters. The Balaban J connectivity index is 1.48. The van der Waals surface area contributed by atoms with Gasteiger partial charge in [-0.25, -0.2) is 0 Å². The fourth-order valence-electron chi connectivity index (χ4n) is 4.09. The SMILES string of the molecule is c1ccc(CC2C(Cc3ccccc3)C2Cc2ccccc2)cc1. The van der Waals surface area contributed by atoms with Crippen LogP contribution in [0.1, 0.15) is 16.7 Å². The summed E-state index contributed by atoms with van der Waals surface area (Å²) in [6.07, 6.45) is 3.65. The molecule has 1 saturated carbocycles. The van der Waals surface area contributed by atoms with E-state index in [-0.39, 0.29) is 0 Å². The molecule has 3 aromatic carbocycles. The van der Waals surface area contributed by atoms with Gasteiger partial charge in [0.1, 0.15) is 0 Å². The first-order valence-corrected chi connectivity index (χ1v) is 9.02. The third-order valence-corrected chi connectivity index (χ3v) is 5.45. The van der Waals surface area contributed by atoms with Crippen molar-refractivity contribution in [3.05, 3.63) is 108 Å². The molecule has 4 rings (SSSR count). The summed E-state index contributed by atoms with van der Waals surface area (Å²) < 4.78 is 0. The van der Waals surface area contributed by atoms with Crippen molar-refractivity contribution in [3.63, 3.8) is 0 Å². The molecule has 1 aliphatic carbocycles. The van der Waals surface area contributed by atoms with Gasteiger partial charge in [-0.2, -0.15) is 0 Å². The van der Waals surface area contributed by atoms with Gasteiger partial charge in [-0.1, -0.05) is 91.0 Å². The predicted molar refractivity (Wildman–Crippen MR) is 101 cm³/mol. The van der Waals surface area contributed by atoms with Crippen molar-refractivity contribution >= 4 is 0 Å². The molecule has 0 bridgehead atoms. The fraction of sp³-hybridized carbons (Fsp3) is 0.250. The molecule has 0 unspecified atom stereocenters. The Morgan fingerprint density at radius 3 is 0.875 bits per heavy atom. The highest BCUT2D eigenvalue weighted by atomic mass is 14.5. The highest BCUT2D eigenvalue weighted by molar-refractivity contribution is 5.24. The van der Waals surface area contributed by atoms with Gasteiger partial charge in [-0.05, 0) is 53.7 Å². The van der Waals surface area contributed by atoms with E-state index in [0.29, 0.717) is 0 Å². The Labute approximate surface area is 145 Å². The average Bonchev–Trinajstić information content (AvgIpc) is 3.27. The monoisotopic (exact) mass is 312 g/mol. The van der Waals surface area contributed by atoms with E-state index < -0.39 is 0 Å². The number of hydrogen-bond donors (Lipinski definition) is 0. The van der Waals surface area contributed by atoms with Gasteiger partial charge in [0.25, 0.3) is 0 Å². The van der Waals surface area contributed by atoms with Crippen LogP contribution in [0.4, 0.5) is 0 Å². The summed E-state index contributed by atoms with van der Waals surface area (Å²) in [7, 11) is 0. The first-order valence-electron chi connectivity index (χ1n) is 9.02. The second-order valence-corrected chi connectivity index (χ2v) is 7.06. The van der Waals surface area contributed by atoms with Gasteiger partial charge < -0.3 is 0 Å². The van der Waals surface area contributed by atoms with Gasteiger partial charge in [0, 0.05) is 0 Å². The van der Waals surface area contributed by atoms with Crippen molar-refractivity contribution in [2.45, 2.75) is 19.3 Å². The predicted octanol–water partition coefficient (Wildman–Crippen LogP) is 5.58. The minimum absolute atomic E-state index is 0.813. The summed E-state index contributed by atoms with van der Waals surface area (Å²) in [5, 5.41) is 0. The van der Waals surface area contributed by atoms with Crippen LogP contribution in [0.5, 0.6) is 0 Å². The molecule has 0 heterocycles. The van der Waals surface area contributed by atoms with Gasteiger partial charge in [0.2, 0.25) is 0 Å². The fourth-order valence-corrected chi connectivity index (χ4v) is 4.09. The Morgan fingerprint density at radius 2 is 0.625 bits per heavy atom. The molecule has 0 amide bonds. The van der Waals surface area contributed by atoms with Crippen molar-refractivity contribution in [3.8, 4) is 0 Å². The van der Waals surface area contributed by atoms with E-state index >= 15 is 0 Å². The number of benzene rings is 3. The van der Waals surface area contributed by atoms with Crippen LogP contribution in [0.25, 0.3) is 0 Å². The smallest absolute Gasteiger partial charge is 0.0245 e. The van der Waals surface area contributed by atoms with E-state index in [4.69, 9.17) is 0 Å². The first-order chi connectivity index (χ1) is 11.9. The van der Waals surface area contributed by atoms with Crippen LogP contribution < -0.4 is 0 Å². The maximum absolute atomic E-state index is 2.28. The summed E-state index contributed by atoms with van der Waals surface area (Å²) >= 11 is 0. The lowest BCUT2D eigenvalue weighted by Crippen LogP contribution is -1.93. The lowest BCUT2D eigenvalue weighted by molar-refractivity contribution is 0.693. The standard InChI is InChI=1S/C24H24/c1-4-10-19(11-5-1)16-22-23(17-20-12-6-2-7-13-20)24(22)18-21-14-8-3-9-15-21/h1-15,22-24H,16-18H2. The molecule has 120 valence electrons. The van der Waals surface area contributed by atoms with Crippen molar-refractivity contribution in [1.29, 1.82) is 0 Å². The Kier molecular flexibility index (Phi) is 4.46. The van der Waals surface area contributed by atoms with Crippen molar-refractivity contribution in [2.75, 3.05) is 0 Å². The van der Waals surface area contributed by atoms with E-state index in [1.807, 2.05) is 0 Å². The molecule has 0 saturated heterocycles. The van der Waals surface area contributed by atoms with Crippen molar-refractivity contribution in [2.24, 2.45) is 17.8 Å². The zero-order valence-electron chi connectivity index (χ0n) is 14.0. The minimum atomic E-state index is 0.813. The van der Waals surface area contributed by atoms with Crippen LogP contribution in [0, 0.1) is 17.8 Å². The second-order valence-electron chi connectivity index (χ2n) is 7.06. The largest absolute Gasteiger partial charge is 0.0622 e. The summed E-state index contributed by atoms with van der Waals surface area (Å²) in [6, 6.07) is 33.0. The topological polar surface area (TPSA) is 0 Å². The third kappa shape index (κ3) is 3.59. The average molecular weight is 312 g/mol. The van der Waals surface area contributed by atoms with E-state index in [2.05, 4.69) is 91.0 Å². The normalized spacial score (nSPS) is 22.2. The van der Waals surface area contributed by atoms with Gasteiger partial charge in [-0.15, -0.1) is 0 Å². The Bertz CT molecular complexity index is 632. The van der Waals surface area contributed by atoms with Crippen LogP contribution in [-0.2, 0) is 19.3 Å². The molecule has 0 N–H and O–H groups in total. The molecular weight excluding hydrogens is 288 g/mol. The van der Waals surface area contributed by atoms with E-state index in [9.17, 15) is 0 Å². The minimum Gasteiger partial charge on any atom is -0.0622 e. The maximum atomic E-state index is 2.28. The molecule has 1 fully saturated rings. The third-order valence-electron chi connectivity index (χ3n) is 5.45. The zero-order valence-corrected chi connectivity index (χ0v) is 14.0. The van der Waals surface area contributed by atoms with Crippen molar-refractivity contribution < 1.29 is 0 Å². The summed E-state index contributed by atoms with van der Waals surface area (Å²) in [6.45, 7) is 0. The first kappa shape index (κ1) is 15.2. The molecule has 0 nitrogen and oxygen atoms in total. The van der Waals surface area contributed by atoms with Crippen molar-refractivity contribution in [1.82, 2.24) is 0 Å². The molecule has 3 aromatic rings. The van der Waals surface area contributed by atoms with E-state index in [0.717, 1.165) is 17.8 Å². The highest BCUT2D eigenvalue weighted by Crippen LogP contribution is 2.51. The van der Waals surface area contributed by atoms with Crippen LogP contribution in [0.2, 0.25) is 0 Å². The molecule has 0 radical (unpaired) electrons. The lowest BCUT2D eigenvalue weighted by Gasteiger charge is -2.01. The number of hydrogen-bond acceptors (Lipinski definition) is 0. The lowest BCUT2D eigenvalue weighted by atomic mass is 10.0. The summed E-state index contributed by atoms with van der Waals surface area (Å²) in [5.74, 6) is 2.44. The zero-order chi connectivity index (χ0) is 16.2. The molecule has 0 aliphatic heterocycles. The molecule has 0 spiro atoms. The van der Waals surface area contributed by atoms with Gasteiger partial charge in [0.15, 0.2) is 0 Å². The summed E-state index contributed by atoms with van der Waals surface area (Å²) in [4.78, 5) is 0. The summed E-state index contributed by atoms with van der Waals surface area (Å²) in [5.41, 5.74) is 4.45. The Morgan fingerprint density at radius 1 is 0.375 bits per heavy atom. The van der Waals surface area contributed by atoms with Crippen LogP contribution in [0.15, 0.2) is 91.0 Å². The van der Waals surface area contributed by atoms with Gasteiger partial charge in [0.05, 0.1) is 0 Å². The Hall–Kier alpha value is -2.34. The second kappa shape index (κ2) is 7.05. The quantitative estimate of drug-likeness (QED) is 0.557.